The van der Waals surface area contributed by atoms with Gasteiger partial charge in [-0.15, -0.1) is 22.7 Å². The molecular formula is C34H36BrFN8O4S2. The van der Waals surface area contributed by atoms with E-state index in [4.69, 9.17) is 11.5 Å². The van der Waals surface area contributed by atoms with Gasteiger partial charge >= 0.3 is 12.1 Å². The van der Waals surface area contributed by atoms with Crippen LogP contribution in [0.4, 0.5) is 31.0 Å². The van der Waals surface area contributed by atoms with Gasteiger partial charge in [0.05, 0.1) is 11.4 Å². The molecule has 4 heterocycles. The van der Waals surface area contributed by atoms with Crippen LogP contribution in [-0.4, -0.2) is 62.1 Å². The van der Waals surface area contributed by atoms with Crippen LogP contribution in [0.2, 0.25) is 0 Å². The van der Waals surface area contributed by atoms with Crippen molar-refractivity contribution < 1.29 is 23.6 Å². The molecular weight excluding hydrogens is 747 g/mol. The van der Waals surface area contributed by atoms with Gasteiger partial charge in [0.1, 0.15) is 15.6 Å². The highest BCUT2D eigenvalue weighted by atomic mass is 79.9. The molecule has 16 heteroatoms. The van der Waals surface area contributed by atoms with Gasteiger partial charge in [-0.3, -0.25) is 9.59 Å². The van der Waals surface area contributed by atoms with Gasteiger partial charge in [0.15, 0.2) is 0 Å². The van der Waals surface area contributed by atoms with Crippen molar-refractivity contribution in [2.45, 2.75) is 37.8 Å². The lowest BCUT2D eigenvalue weighted by molar-refractivity contribution is 0.0928. The molecule has 0 bridgehead atoms. The van der Waals surface area contributed by atoms with E-state index in [0.29, 0.717) is 34.1 Å². The number of nitrogens with two attached hydrogens (primary N) is 2. The Morgan fingerprint density at radius 3 is 2.08 bits per heavy atom. The molecule has 2 fully saturated rings. The fourth-order valence-electron chi connectivity index (χ4n) is 6.20. The molecule has 50 heavy (non-hydrogen) atoms. The van der Waals surface area contributed by atoms with Crippen LogP contribution in [0.1, 0.15) is 45.0 Å². The molecule has 262 valence electrons. The summed E-state index contributed by atoms with van der Waals surface area (Å²) in [6, 6.07) is 13.5. The Kier molecular flexibility index (Phi) is 11.0. The van der Waals surface area contributed by atoms with Crippen LogP contribution in [0.15, 0.2) is 59.1 Å². The summed E-state index contributed by atoms with van der Waals surface area (Å²) < 4.78 is 14.7. The molecule has 2 aliphatic heterocycles. The van der Waals surface area contributed by atoms with Crippen LogP contribution < -0.4 is 43.0 Å². The van der Waals surface area contributed by atoms with Gasteiger partial charge in [0.25, 0.3) is 11.8 Å². The maximum Gasteiger partial charge on any atom is 0.316 e. The van der Waals surface area contributed by atoms with E-state index in [1.165, 1.54) is 23.5 Å². The number of rotatable bonds is 9. The molecule has 6 rings (SSSR count). The number of halogens is 2. The first-order valence-electron chi connectivity index (χ1n) is 16.1. The van der Waals surface area contributed by atoms with E-state index < -0.39 is 17.9 Å². The molecule has 0 saturated carbocycles. The standard InChI is InChI=1S/C34H36BrFN8O4S2/c35-20-10-19(28-15-26(43-34(38)48)29(50-28)31(45)40-22-6-2-8-39-16-22)12-24(13-20)44-9-3-7-23(17-44)41-32(46)30-25(42-33(37)47)14-27(49-30)18-4-1-5-21(36)11-18/h1,4-5,10-15,22-23,39H,2-3,6-9,16-17H2,(H,40,45)(H,41,46)(H3,37,42,47)(H3,38,43,48). The SMILES string of the molecule is NC(=O)Nc1cc(-c2cc(Br)cc(N3CCCC(NC(=O)c4sc(-c5cccc(F)c5)cc4NC(N)=O)C3)c2)sc1C(=O)NC1CCCNC1. The second-order valence-corrected chi connectivity index (χ2v) is 15.2. The smallest absolute Gasteiger partial charge is 0.316 e. The minimum atomic E-state index is -0.811. The highest BCUT2D eigenvalue weighted by molar-refractivity contribution is 9.10. The summed E-state index contributed by atoms with van der Waals surface area (Å²) >= 11 is 6.06. The van der Waals surface area contributed by atoms with Crippen molar-refractivity contribution in [1.82, 2.24) is 16.0 Å². The van der Waals surface area contributed by atoms with E-state index >= 15 is 0 Å². The van der Waals surface area contributed by atoms with Gasteiger partial charge in [-0.2, -0.15) is 0 Å². The summed E-state index contributed by atoms with van der Waals surface area (Å²) in [7, 11) is 0. The second kappa shape index (κ2) is 15.6. The van der Waals surface area contributed by atoms with E-state index in [1.54, 1.807) is 24.3 Å². The zero-order valence-corrected chi connectivity index (χ0v) is 30.0. The highest BCUT2D eigenvalue weighted by Gasteiger charge is 2.27. The first-order valence-corrected chi connectivity index (χ1v) is 18.5. The Labute approximate surface area is 304 Å². The first-order chi connectivity index (χ1) is 24.0. The van der Waals surface area contributed by atoms with Gasteiger partial charge in [-0.05, 0) is 85.8 Å². The van der Waals surface area contributed by atoms with Gasteiger partial charge < -0.3 is 43.0 Å². The zero-order valence-electron chi connectivity index (χ0n) is 26.8. The number of nitrogens with one attached hydrogen (secondary N) is 5. The number of urea groups is 2. The van der Waals surface area contributed by atoms with Crippen molar-refractivity contribution in [3.63, 3.8) is 0 Å². The number of anilines is 3. The predicted molar refractivity (Wildman–Crippen MR) is 200 cm³/mol. The monoisotopic (exact) mass is 782 g/mol. The molecule has 2 aromatic heterocycles. The lowest BCUT2D eigenvalue weighted by atomic mass is 10.0. The molecule has 0 aliphatic carbocycles. The van der Waals surface area contributed by atoms with Crippen molar-refractivity contribution in [2.24, 2.45) is 11.5 Å². The first kappa shape index (κ1) is 35.3. The van der Waals surface area contributed by atoms with Gasteiger partial charge in [0, 0.05) is 51.6 Å². The highest BCUT2D eigenvalue weighted by Crippen LogP contribution is 2.39. The van der Waals surface area contributed by atoms with Crippen LogP contribution in [-0.2, 0) is 0 Å². The fourth-order valence-corrected chi connectivity index (χ4v) is 8.70. The van der Waals surface area contributed by atoms with Crippen molar-refractivity contribution in [2.75, 3.05) is 41.7 Å². The normalized spacial score (nSPS) is 17.5. The molecule has 4 aromatic rings. The topological polar surface area (TPSA) is 184 Å². The molecule has 12 nitrogen and oxygen atoms in total. The average Bonchev–Trinajstić information content (AvgIpc) is 3.69. The molecule has 2 unspecified atom stereocenters. The minimum Gasteiger partial charge on any atom is -0.369 e. The molecule has 2 aliphatic rings. The largest absolute Gasteiger partial charge is 0.369 e. The third-order valence-corrected chi connectivity index (χ3v) is 11.2. The number of carbonyl (C=O) groups is 4. The number of carbonyl (C=O) groups excluding carboxylic acids is 4. The van der Waals surface area contributed by atoms with Crippen molar-refractivity contribution in [3.05, 3.63) is 74.6 Å². The summed E-state index contributed by atoms with van der Waals surface area (Å²) in [5.74, 6) is -1.05. The fraction of sp³-hybridized carbons (Fsp3) is 0.294. The molecule has 9 N–H and O–H groups in total. The number of hydrogen-bond acceptors (Lipinski definition) is 8. The second-order valence-electron chi connectivity index (χ2n) is 12.2. The van der Waals surface area contributed by atoms with Crippen LogP contribution >= 0.6 is 38.6 Å². The summed E-state index contributed by atoms with van der Waals surface area (Å²) in [5.41, 5.74) is 13.8. The Morgan fingerprint density at radius 2 is 1.46 bits per heavy atom. The van der Waals surface area contributed by atoms with E-state index in [0.717, 1.165) is 70.7 Å². The van der Waals surface area contributed by atoms with Crippen LogP contribution in [0.5, 0.6) is 0 Å². The Hall–Kier alpha value is -4.51. The molecule has 0 spiro atoms. The van der Waals surface area contributed by atoms with E-state index in [-0.39, 0.29) is 34.5 Å². The van der Waals surface area contributed by atoms with Gasteiger partial charge in [0.2, 0.25) is 0 Å². The van der Waals surface area contributed by atoms with Gasteiger partial charge in [-0.1, -0.05) is 28.1 Å². The Morgan fingerprint density at radius 1 is 0.820 bits per heavy atom. The third kappa shape index (κ3) is 8.61. The van der Waals surface area contributed by atoms with E-state index in [9.17, 15) is 23.6 Å². The van der Waals surface area contributed by atoms with E-state index in [2.05, 4.69) is 47.4 Å². The summed E-state index contributed by atoms with van der Waals surface area (Å²) in [4.78, 5) is 54.7. The molecule has 2 saturated heterocycles. The molecule has 6 amide bonds. The molecule has 2 atom stereocenters. The zero-order chi connectivity index (χ0) is 35.4. The molecule has 0 radical (unpaired) electrons. The number of benzene rings is 2. The third-order valence-electron chi connectivity index (χ3n) is 8.42. The Bertz CT molecular complexity index is 1930. The number of thiophene rings is 2. The Balaban J connectivity index is 1.20. The van der Waals surface area contributed by atoms with E-state index in [1.807, 2.05) is 18.2 Å². The lowest BCUT2D eigenvalue weighted by Crippen LogP contribution is -2.47. The maximum absolute atomic E-state index is 13.9. The van der Waals surface area contributed by atoms with Crippen LogP contribution in [0.25, 0.3) is 20.9 Å². The summed E-state index contributed by atoms with van der Waals surface area (Å²) in [5, 5.41) is 14.6. The summed E-state index contributed by atoms with van der Waals surface area (Å²) in [6.45, 7) is 2.87. The lowest BCUT2D eigenvalue weighted by Gasteiger charge is -2.35. The number of nitrogens with zero attached hydrogens (tertiary/aromatic N) is 1. The maximum atomic E-state index is 13.9. The predicted octanol–water partition coefficient (Wildman–Crippen LogP) is 5.91. The van der Waals surface area contributed by atoms with Crippen molar-refractivity contribution in [3.8, 4) is 20.9 Å². The number of amides is 6. The van der Waals surface area contributed by atoms with Crippen LogP contribution in [0.3, 0.4) is 0 Å². The van der Waals surface area contributed by atoms with Crippen molar-refractivity contribution in [1.29, 1.82) is 0 Å². The number of hydrogen-bond donors (Lipinski definition) is 7. The minimum absolute atomic E-state index is 0.00505. The average molecular weight is 784 g/mol. The number of piperidine rings is 2. The quantitative estimate of drug-likeness (QED) is 0.111. The molecule has 2 aromatic carbocycles. The van der Waals surface area contributed by atoms with Gasteiger partial charge in [-0.25, -0.2) is 14.0 Å². The number of primary amides is 2. The summed E-state index contributed by atoms with van der Waals surface area (Å²) in [6.07, 6.45) is 3.39. The van der Waals surface area contributed by atoms with Crippen molar-refractivity contribution >= 4 is 79.5 Å². The van der Waals surface area contributed by atoms with Crippen LogP contribution in [0, 0.1) is 5.82 Å².